The Balaban J connectivity index is 1.68. The van der Waals surface area contributed by atoms with Crippen LogP contribution in [0.4, 0.5) is 0 Å². The molecule has 0 bridgehead atoms. The molecule has 0 atom stereocenters. The molecule has 3 heterocycles. The Morgan fingerprint density at radius 2 is 1.73 bits per heavy atom. The summed E-state index contributed by atoms with van der Waals surface area (Å²) >= 11 is 6.75. The molecule has 1 fully saturated rings. The number of thiocarbonyl (C=S) groups is 1. The predicted molar refractivity (Wildman–Crippen MR) is 155 cm³/mol. The maximum absolute atomic E-state index is 13.6. The van der Waals surface area contributed by atoms with Crippen LogP contribution in [0.25, 0.3) is 11.7 Å². The van der Waals surface area contributed by atoms with Gasteiger partial charge in [-0.25, -0.2) is 0 Å². The number of rotatable bonds is 10. The fraction of sp³-hybridized carbons (Fsp3) is 0.379. The topological polar surface area (TPSA) is 63.9 Å². The number of aryl methyl sites for hydroxylation is 2. The first kappa shape index (κ1) is 27.1. The van der Waals surface area contributed by atoms with Crippen LogP contribution in [0.1, 0.15) is 67.7 Å². The Morgan fingerprint density at radius 1 is 1.00 bits per heavy atom. The van der Waals surface area contributed by atoms with E-state index in [4.69, 9.17) is 21.9 Å². The van der Waals surface area contributed by atoms with Crippen molar-refractivity contribution in [2.45, 2.75) is 66.2 Å². The predicted octanol–water partition coefficient (Wildman–Crippen LogP) is 6.97. The van der Waals surface area contributed by atoms with Crippen LogP contribution in [-0.4, -0.2) is 31.1 Å². The molecule has 0 spiro atoms. The summed E-state index contributed by atoms with van der Waals surface area (Å²) in [6, 6.07) is 9.47. The molecule has 1 saturated heterocycles. The highest BCUT2D eigenvalue weighted by Crippen LogP contribution is 2.35. The van der Waals surface area contributed by atoms with Gasteiger partial charge in [0.1, 0.15) is 21.3 Å². The van der Waals surface area contributed by atoms with Gasteiger partial charge in [-0.2, -0.15) is 4.98 Å². The molecular weight excluding hydrogens is 502 g/mol. The average Bonchev–Trinajstić information content (AvgIpc) is 3.14. The molecule has 2 aromatic heterocycles. The van der Waals surface area contributed by atoms with Crippen LogP contribution in [0.3, 0.4) is 0 Å². The van der Waals surface area contributed by atoms with E-state index in [2.05, 4.69) is 6.92 Å². The van der Waals surface area contributed by atoms with Crippen molar-refractivity contribution < 1.29 is 9.53 Å². The molecule has 1 aromatic carbocycles. The number of benzene rings is 1. The SMILES string of the molecule is CCCCCCCCN1C(=O)/C(=C\c2c(Oc3cccc(C)c3C)nc3c(C)cccn3c2=O)SC1=S. The van der Waals surface area contributed by atoms with Crippen molar-refractivity contribution in [3.05, 3.63) is 74.0 Å². The van der Waals surface area contributed by atoms with Gasteiger partial charge in [0.15, 0.2) is 0 Å². The molecule has 0 aliphatic carbocycles. The number of hydrogen-bond acceptors (Lipinski definition) is 6. The minimum atomic E-state index is -0.296. The molecule has 194 valence electrons. The van der Waals surface area contributed by atoms with Crippen LogP contribution in [0.5, 0.6) is 11.6 Å². The Bertz CT molecular complexity index is 1430. The second-order valence-corrected chi connectivity index (χ2v) is 11.1. The van der Waals surface area contributed by atoms with Gasteiger partial charge in [-0.05, 0) is 62.1 Å². The summed E-state index contributed by atoms with van der Waals surface area (Å²) in [5.74, 6) is 0.624. The molecule has 6 nitrogen and oxygen atoms in total. The number of carbonyl (C=O) groups excluding carboxylic acids is 1. The minimum Gasteiger partial charge on any atom is -0.438 e. The molecule has 4 rings (SSSR count). The quantitative estimate of drug-likeness (QED) is 0.159. The minimum absolute atomic E-state index is 0.171. The van der Waals surface area contributed by atoms with E-state index in [1.807, 2.05) is 45.0 Å². The first-order valence-electron chi connectivity index (χ1n) is 12.8. The highest BCUT2D eigenvalue weighted by molar-refractivity contribution is 8.26. The zero-order chi connectivity index (χ0) is 26.5. The van der Waals surface area contributed by atoms with Gasteiger partial charge in [0, 0.05) is 12.7 Å². The molecule has 1 aliphatic rings. The Hall–Kier alpha value is -2.97. The average molecular weight is 536 g/mol. The van der Waals surface area contributed by atoms with Crippen LogP contribution < -0.4 is 10.3 Å². The third kappa shape index (κ3) is 5.96. The van der Waals surface area contributed by atoms with E-state index in [1.165, 1.54) is 35.4 Å². The van der Waals surface area contributed by atoms with Crippen molar-refractivity contribution in [2.75, 3.05) is 6.54 Å². The third-order valence-electron chi connectivity index (χ3n) is 6.70. The van der Waals surface area contributed by atoms with Crippen molar-refractivity contribution in [3.63, 3.8) is 0 Å². The van der Waals surface area contributed by atoms with Crippen molar-refractivity contribution >= 4 is 45.9 Å². The normalized spacial score (nSPS) is 14.8. The van der Waals surface area contributed by atoms with Crippen LogP contribution in [0.2, 0.25) is 0 Å². The number of aromatic nitrogens is 2. The van der Waals surface area contributed by atoms with E-state index in [0.29, 0.717) is 27.2 Å². The highest BCUT2D eigenvalue weighted by atomic mass is 32.2. The summed E-state index contributed by atoms with van der Waals surface area (Å²) in [6.45, 7) is 8.66. The molecule has 0 radical (unpaired) electrons. The number of ether oxygens (including phenoxy) is 1. The number of pyridine rings is 1. The smallest absolute Gasteiger partial charge is 0.269 e. The maximum Gasteiger partial charge on any atom is 0.269 e. The lowest BCUT2D eigenvalue weighted by Crippen LogP contribution is -2.29. The number of hydrogen-bond donors (Lipinski definition) is 0. The van der Waals surface area contributed by atoms with Gasteiger partial charge in [0.05, 0.1) is 4.91 Å². The fourth-order valence-electron chi connectivity index (χ4n) is 4.31. The first-order valence-corrected chi connectivity index (χ1v) is 14.1. The number of thioether (sulfide) groups is 1. The number of fused-ring (bicyclic) bond motifs is 1. The van der Waals surface area contributed by atoms with Crippen molar-refractivity contribution in [1.82, 2.24) is 14.3 Å². The summed E-state index contributed by atoms with van der Waals surface area (Å²) in [5.41, 5.74) is 3.33. The standard InChI is InChI=1S/C29H33N3O3S2/c1-5-6-7-8-9-10-16-32-28(34)24(37-29(32)36)18-22-26(35-23-15-11-13-19(2)21(23)4)30-25-20(3)14-12-17-31(25)27(22)33/h11-15,17-18H,5-10,16H2,1-4H3/b24-18+. The van der Waals surface area contributed by atoms with Crippen molar-refractivity contribution in [3.8, 4) is 11.6 Å². The summed E-state index contributed by atoms with van der Waals surface area (Å²) in [7, 11) is 0. The van der Waals surface area contributed by atoms with Crippen LogP contribution >= 0.6 is 24.0 Å². The van der Waals surface area contributed by atoms with Crippen LogP contribution in [0, 0.1) is 20.8 Å². The van der Waals surface area contributed by atoms with Gasteiger partial charge in [-0.3, -0.25) is 18.9 Å². The van der Waals surface area contributed by atoms with E-state index in [1.54, 1.807) is 23.2 Å². The van der Waals surface area contributed by atoms with Gasteiger partial charge in [0.25, 0.3) is 11.5 Å². The zero-order valence-electron chi connectivity index (χ0n) is 21.9. The molecule has 3 aromatic rings. The summed E-state index contributed by atoms with van der Waals surface area (Å²) in [6.07, 6.45) is 10.1. The van der Waals surface area contributed by atoms with Crippen molar-refractivity contribution in [2.24, 2.45) is 0 Å². The maximum atomic E-state index is 13.6. The van der Waals surface area contributed by atoms with Gasteiger partial charge < -0.3 is 4.74 Å². The first-order chi connectivity index (χ1) is 17.8. The molecule has 1 amide bonds. The number of carbonyl (C=O) groups is 1. The number of amides is 1. The van der Waals surface area contributed by atoms with E-state index < -0.39 is 0 Å². The van der Waals surface area contributed by atoms with E-state index in [0.717, 1.165) is 36.0 Å². The molecule has 8 heteroatoms. The monoisotopic (exact) mass is 535 g/mol. The molecule has 37 heavy (non-hydrogen) atoms. The summed E-state index contributed by atoms with van der Waals surface area (Å²) < 4.78 is 8.25. The fourth-order valence-corrected chi connectivity index (χ4v) is 5.60. The van der Waals surface area contributed by atoms with E-state index in [9.17, 15) is 9.59 Å². The molecule has 1 aliphatic heterocycles. The Morgan fingerprint density at radius 3 is 2.51 bits per heavy atom. The second-order valence-electron chi connectivity index (χ2n) is 9.42. The van der Waals surface area contributed by atoms with Crippen LogP contribution in [0.15, 0.2) is 46.2 Å². The molecule has 0 N–H and O–H groups in total. The van der Waals surface area contributed by atoms with Gasteiger partial charge >= 0.3 is 0 Å². The second kappa shape index (κ2) is 12.0. The van der Waals surface area contributed by atoms with Gasteiger partial charge in [-0.15, -0.1) is 0 Å². The molecule has 0 saturated carbocycles. The lowest BCUT2D eigenvalue weighted by molar-refractivity contribution is -0.122. The lowest BCUT2D eigenvalue weighted by Gasteiger charge is -2.14. The number of unbranched alkanes of at least 4 members (excludes halogenated alkanes) is 5. The van der Waals surface area contributed by atoms with E-state index in [-0.39, 0.29) is 22.9 Å². The van der Waals surface area contributed by atoms with Gasteiger partial charge in [-0.1, -0.05) is 81.2 Å². The number of nitrogens with zero attached hydrogens (tertiary/aromatic N) is 3. The van der Waals surface area contributed by atoms with Crippen molar-refractivity contribution in [1.29, 1.82) is 0 Å². The Kier molecular flexibility index (Phi) is 8.82. The van der Waals surface area contributed by atoms with Gasteiger partial charge in [0.2, 0.25) is 5.88 Å². The molecule has 0 unspecified atom stereocenters. The third-order valence-corrected chi connectivity index (χ3v) is 8.07. The Labute approximate surface area is 227 Å². The molecular formula is C29H33N3O3S2. The lowest BCUT2D eigenvalue weighted by atomic mass is 10.1. The summed E-state index contributed by atoms with van der Waals surface area (Å²) in [5, 5.41) is 0. The van der Waals surface area contributed by atoms with E-state index >= 15 is 0 Å². The zero-order valence-corrected chi connectivity index (χ0v) is 23.5. The summed E-state index contributed by atoms with van der Waals surface area (Å²) in [4.78, 5) is 33.7. The largest absolute Gasteiger partial charge is 0.438 e. The van der Waals surface area contributed by atoms with Crippen LogP contribution in [-0.2, 0) is 4.79 Å². The highest BCUT2D eigenvalue weighted by Gasteiger charge is 2.32.